The van der Waals surface area contributed by atoms with E-state index in [0.29, 0.717) is 10.8 Å². The molecule has 0 aliphatic rings. The summed E-state index contributed by atoms with van der Waals surface area (Å²) in [6.45, 7) is -0.264. The maximum Gasteiger partial charge on any atom is 0.261 e. The molecule has 0 spiro atoms. The number of amides is 1. The minimum Gasteiger partial charge on any atom is -0.323 e. The summed E-state index contributed by atoms with van der Waals surface area (Å²) in [7, 11) is 0. The van der Waals surface area contributed by atoms with Crippen molar-refractivity contribution in [3.8, 4) is 0 Å². The highest BCUT2D eigenvalue weighted by molar-refractivity contribution is 6.31. The molecule has 1 amide bonds. The highest BCUT2D eigenvalue weighted by Crippen LogP contribution is 2.19. The molecular formula is C15H9Cl2FN4O2. The van der Waals surface area contributed by atoms with Gasteiger partial charge in [0.25, 0.3) is 5.56 Å². The van der Waals surface area contributed by atoms with Gasteiger partial charge in [0.2, 0.25) is 5.91 Å². The van der Waals surface area contributed by atoms with Crippen LogP contribution in [0, 0.1) is 5.82 Å². The van der Waals surface area contributed by atoms with Crippen LogP contribution in [0.25, 0.3) is 10.9 Å². The van der Waals surface area contributed by atoms with Crippen molar-refractivity contribution in [3.63, 3.8) is 0 Å². The normalized spacial score (nSPS) is 10.8. The van der Waals surface area contributed by atoms with Gasteiger partial charge in [-0.25, -0.2) is 14.4 Å². The third-order valence-electron chi connectivity index (χ3n) is 3.19. The summed E-state index contributed by atoms with van der Waals surface area (Å²) in [6.07, 6.45) is 2.57. The Kier molecular flexibility index (Phi) is 4.46. The maximum absolute atomic E-state index is 13.4. The van der Waals surface area contributed by atoms with E-state index in [1.165, 1.54) is 24.7 Å². The zero-order chi connectivity index (χ0) is 17.3. The first-order valence-electron chi connectivity index (χ1n) is 6.69. The van der Waals surface area contributed by atoms with Crippen LogP contribution in [0.3, 0.4) is 0 Å². The minimum absolute atomic E-state index is 0.129. The van der Waals surface area contributed by atoms with Crippen molar-refractivity contribution >= 4 is 45.7 Å². The number of fused-ring (bicyclic) bond motifs is 1. The zero-order valence-corrected chi connectivity index (χ0v) is 13.5. The minimum atomic E-state index is -0.665. The molecule has 6 nitrogen and oxygen atoms in total. The lowest BCUT2D eigenvalue weighted by atomic mass is 10.2. The van der Waals surface area contributed by atoms with E-state index in [9.17, 15) is 14.0 Å². The number of carbonyl (C=O) groups is 1. The molecule has 9 heteroatoms. The fraction of sp³-hybridized carbons (Fsp3) is 0.0667. The Morgan fingerprint density at radius 1 is 1.25 bits per heavy atom. The van der Waals surface area contributed by atoms with E-state index in [2.05, 4.69) is 15.3 Å². The molecule has 1 N–H and O–H groups in total. The number of anilines is 1. The van der Waals surface area contributed by atoms with Gasteiger partial charge in [0.1, 0.15) is 17.5 Å². The van der Waals surface area contributed by atoms with Crippen molar-refractivity contribution in [2.45, 2.75) is 6.54 Å². The molecule has 1 aromatic carbocycles. The largest absolute Gasteiger partial charge is 0.323 e. The number of pyridine rings is 1. The highest BCUT2D eigenvalue weighted by Gasteiger charge is 2.11. The number of nitrogens with one attached hydrogen (secondary N) is 1. The number of nitrogens with zero attached hydrogens (tertiary/aromatic N) is 3. The SMILES string of the molecule is O=C(Cn1cnc2cc(F)c(Cl)cc2c1=O)Nc1ccc(Cl)nc1. The smallest absolute Gasteiger partial charge is 0.261 e. The zero-order valence-electron chi connectivity index (χ0n) is 12.0. The lowest BCUT2D eigenvalue weighted by molar-refractivity contribution is -0.116. The molecule has 0 aliphatic heterocycles. The Hall–Kier alpha value is -2.51. The number of benzene rings is 1. The summed E-state index contributed by atoms with van der Waals surface area (Å²) in [6, 6.07) is 5.37. The van der Waals surface area contributed by atoms with Gasteiger partial charge < -0.3 is 5.32 Å². The lowest BCUT2D eigenvalue weighted by Gasteiger charge is -2.08. The van der Waals surface area contributed by atoms with Gasteiger partial charge in [-0.3, -0.25) is 14.2 Å². The Morgan fingerprint density at radius 3 is 2.75 bits per heavy atom. The molecule has 0 saturated carbocycles. The Bertz CT molecular complexity index is 989. The molecule has 3 rings (SSSR count). The predicted octanol–water partition coefficient (Wildman–Crippen LogP) is 2.88. The van der Waals surface area contributed by atoms with Gasteiger partial charge in [0.15, 0.2) is 0 Å². The predicted molar refractivity (Wildman–Crippen MR) is 88.8 cm³/mol. The standard InChI is InChI=1S/C15H9Cl2FN4O2/c16-10-3-9-12(4-11(10)18)20-7-22(15(9)24)6-14(23)21-8-1-2-13(17)19-5-8/h1-5,7H,6H2,(H,21,23). The van der Waals surface area contributed by atoms with Crippen LogP contribution in [0.2, 0.25) is 10.2 Å². The first-order valence-corrected chi connectivity index (χ1v) is 7.45. The van der Waals surface area contributed by atoms with E-state index in [4.69, 9.17) is 23.2 Å². The van der Waals surface area contributed by atoms with Gasteiger partial charge in [-0.2, -0.15) is 0 Å². The van der Waals surface area contributed by atoms with E-state index in [1.807, 2.05) is 0 Å². The van der Waals surface area contributed by atoms with Crippen molar-refractivity contribution in [2.24, 2.45) is 0 Å². The van der Waals surface area contributed by atoms with E-state index >= 15 is 0 Å². The molecule has 122 valence electrons. The van der Waals surface area contributed by atoms with Crippen LogP contribution in [-0.2, 0) is 11.3 Å². The number of carbonyl (C=O) groups excluding carboxylic acids is 1. The second-order valence-electron chi connectivity index (χ2n) is 4.88. The van der Waals surface area contributed by atoms with E-state index < -0.39 is 17.3 Å². The first-order chi connectivity index (χ1) is 11.4. The fourth-order valence-electron chi connectivity index (χ4n) is 2.07. The molecule has 2 aromatic heterocycles. The summed E-state index contributed by atoms with van der Waals surface area (Å²) < 4.78 is 14.5. The van der Waals surface area contributed by atoms with Crippen molar-refractivity contribution in [1.29, 1.82) is 0 Å². The molecule has 0 radical (unpaired) electrons. The Labute approximate surface area is 144 Å². The summed E-state index contributed by atoms with van der Waals surface area (Å²) in [4.78, 5) is 32.2. The van der Waals surface area contributed by atoms with Crippen molar-refractivity contribution < 1.29 is 9.18 Å². The third kappa shape index (κ3) is 3.37. The molecule has 0 bridgehead atoms. The van der Waals surface area contributed by atoms with Crippen LogP contribution in [0.5, 0.6) is 0 Å². The van der Waals surface area contributed by atoms with Gasteiger partial charge in [0.05, 0.1) is 34.1 Å². The molecule has 2 heterocycles. The Balaban J connectivity index is 1.85. The van der Waals surface area contributed by atoms with Gasteiger partial charge in [-0.1, -0.05) is 23.2 Å². The van der Waals surface area contributed by atoms with Gasteiger partial charge in [-0.05, 0) is 18.2 Å². The van der Waals surface area contributed by atoms with Gasteiger partial charge >= 0.3 is 0 Å². The summed E-state index contributed by atoms with van der Waals surface area (Å²) in [5.74, 6) is -1.11. The van der Waals surface area contributed by atoms with Gasteiger partial charge in [0, 0.05) is 6.07 Å². The molecule has 0 aliphatic carbocycles. The fourth-order valence-corrected chi connectivity index (χ4v) is 2.35. The quantitative estimate of drug-likeness (QED) is 0.723. The summed E-state index contributed by atoms with van der Waals surface area (Å²) >= 11 is 11.4. The molecule has 3 aromatic rings. The molecule has 24 heavy (non-hydrogen) atoms. The number of rotatable bonds is 3. The third-order valence-corrected chi connectivity index (χ3v) is 3.70. The van der Waals surface area contributed by atoms with Crippen LogP contribution < -0.4 is 10.9 Å². The van der Waals surface area contributed by atoms with Crippen LogP contribution in [0.4, 0.5) is 10.1 Å². The maximum atomic E-state index is 13.4. The Morgan fingerprint density at radius 2 is 2.04 bits per heavy atom. The molecule has 0 fully saturated rings. The molecular weight excluding hydrogens is 358 g/mol. The van der Waals surface area contributed by atoms with Crippen LogP contribution in [-0.4, -0.2) is 20.4 Å². The highest BCUT2D eigenvalue weighted by atomic mass is 35.5. The number of halogens is 3. The lowest BCUT2D eigenvalue weighted by Crippen LogP contribution is -2.28. The number of aromatic nitrogens is 3. The van der Waals surface area contributed by atoms with Crippen molar-refractivity contribution in [1.82, 2.24) is 14.5 Å². The number of hydrogen-bond donors (Lipinski definition) is 1. The average Bonchev–Trinajstić information content (AvgIpc) is 2.54. The summed E-state index contributed by atoms with van der Waals surface area (Å²) in [5.41, 5.74) is 0.114. The second-order valence-corrected chi connectivity index (χ2v) is 5.67. The van der Waals surface area contributed by atoms with E-state index in [0.717, 1.165) is 10.6 Å². The first kappa shape index (κ1) is 16.4. The molecule has 0 unspecified atom stereocenters. The van der Waals surface area contributed by atoms with Crippen LogP contribution in [0.1, 0.15) is 0 Å². The monoisotopic (exact) mass is 366 g/mol. The van der Waals surface area contributed by atoms with Crippen LogP contribution >= 0.6 is 23.2 Å². The second kappa shape index (κ2) is 6.54. The van der Waals surface area contributed by atoms with Crippen molar-refractivity contribution in [3.05, 3.63) is 63.1 Å². The molecule has 0 atom stereocenters. The number of hydrogen-bond acceptors (Lipinski definition) is 4. The topological polar surface area (TPSA) is 76.9 Å². The van der Waals surface area contributed by atoms with Gasteiger partial charge in [-0.15, -0.1) is 0 Å². The van der Waals surface area contributed by atoms with Crippen LogP contribution in [0.15, 0.2) is 41.6 Å². The van der Waals surface area contributed by atoms with Crippen molar-refractivity contribution in [2.75, 3.05) is 5.32 Å². The molecule has 0 saturated heterocycles. The van der Waals surface area contributed by atoms with E-state index in [-0.39, 0.29) is 22.5 Å². The average molecular weight is 367 g/mol. The van der Waals surface area contributed by atoms with E-state index in [1.54, 1.807) is 6.07 Å². The summed E-state index contributed by atoms with van der Waals surface area (Å²) in [5, 5.41) is 2.82.